The molecule has 0 aliphatic heterocycles. The van der Waals surface area contributed by atoms with Gasteiger partial charge in [-0.25, -0.2) is 0 Å². The van der Waals surface area contributed by atoms with Gasteiger partial charge < -0.3 is 19.7 Å². The predicted molar refractivity (Wildman–Crippen MR) is 123 cm³/mol. The number of hydrogen-bond acceptors (Lipinski definition) is 10. The van der Waals surface area contributed by atoms with Crippen molar-refractivity contribution in [2.75, 3.05) is 10.0 Å². The summed E-state index contributed by atoms with van der Waals surface area (Å²) < 4.78 is 92.3. The Labute approximate surface area is 200 Å². The first kappa shape index (κ1) is 26.1. The van der Waals surface area contributed by atoms with Crippen LogP contribution in [-0.2, 0) is 36.3 Å². The SMILES string of the molecule is CC(=O)Nc1cc2c(O)c(N=Nc3ccccc3)c(S(=O)(=O)O)c(NS(=O)[O-])c2cc1S(=O)(=O)O. The van der Waals surface area contributed by atoms with Crippen molar-refractivity contribution in [1.29, 1.82) is 0 Å². The molecule has 1 amide bonds. The fraction of sp³-hybridized carbons (Fsp3) is 0.0556. The van der Waals surface area contributed by atoms with Crippen molar-refractivity contribution < 1.29 is 44.6 Å². The largest absolute Gasteiger partial charge is 0.755 e. The highest BCUT2D eigenvalue weighted by molar-refractivity contribution is 7.86. The summed E-state index contributed by atoms with van der Waals surface area (Å²) in [7, 11) is -10.4. The zero-order valence-corrected chi connectivity index (χ0v) is 19.8. The molecule has 5 N–H and O–H groups in total. The van der Waals surface area contributed by atoms with Gasteiger partial charge in [-0.3, -0.25) is 18.1 Å². The van der Waals surface area contributed by atoms with Crippen LogP contribution in [0.1, 0.15) is 6.92 Å². The average Bonchev–Trinajstić information content (AvgIpc) is 2.72. The number of azo groups is 1. The first-order chi connectivity index (χ1) is 16.2. The molecule has 0 aliphatic rings. The molecule has 0 spiro atoms. The molecule has 0 radical (unpaired) electrons. The average molecular weight is 544 g/mol. The number of phenols is 1. The van der Waals surface area contributed by atoms with E-state index in [2.05, 4.69) is 15.5 Å². The van der Waals surface area contributed by atoms with E-state index in [1.807, 2.05) is 0 Å². The zero-order valence-electron chi connectivity index (χ0n) is 17.4. The Hall–Kier alpha value is -3.48. The van der Waals surface area contributed by atoms with Gasteiger partial charge in [0.15, 0.2) is 11.4 Å². The lowest BCUT2D eigenvalue weighted by molar-refractivity contribution is -0.114. The van der Waals surface area contributed by atoms with E-state index in [0.29, 0.717) is 6.07 Å². The molecular formula is C18H15N4O10S3-. The lowest BCUT2D eigenvalue weighted by atomic mass is 10.0. The number of rotatable bonds is 7. The van der Waals surface area contributed by atoms with Gasteiger partial charge in [-0.1, -0.05) is 18.2 Å². The molecule has 0 saturated carbocycles. The molecule has 0 bridgehead atoms. The van der Waals surface area contributed by atoms with Gasteiger partial charge in [0.25, 0.3) is 20.2 Å². The maximum atomic E-state index is 12.2. The summed E-state index contributed by atoms with van der Waals surface area (Å²) in [6, 6.07) is 9.16. The molecule has 17 heteroatoms. The van der Waals surface area contributed by atoms with E-state index in [9.17, 15) is 44.6 Å². The Morgan fingerprint density at radius 3 is 2.14 bits per heavy atom. The van der Waals surface area contributed by atoms with E-state index in [4.69, 9.17) is 0 Å². The monoisotopic (exact) mass is 543 g/mol. The molecule has 0 aromatic heterocycles. The summed E-state index contributed by atoms with van der Waals surface area (Å²) in [5, 5.41) is 19.4. The van der Waals surface area contributed by atoms with Crippen molar-refractivity contribution in [2.45, 2.75) is 16.7 Å². The van der Waals surface area contributed by atoms with E-state index in [1.54, 1.807) is 22.9 Å². The first-order valence-electron chi connectivity index (χ1n) is 9.12. The van der Waals surface area contributed by atoms with Crippen LogP contribution in [0.5, 0.6) is 5.75 Å². The highest BCUT2D eigenvalue weighted by Crippen LogP contribution is 2.48. The van der Waals surface area contributed by atoms with Gasteiger partial charge in [0, 0.05) is 29.0 Å². The molecule has 3 aromatic carbocycles. The molecule has 186 valence electrons. The van der Waals surface area contributed by atoms with Crippen LogP contribution >= 0.6 is 0 Å². The number of nitrogens with one attached hydrogen (secondary N) is 2. The van der Waals surface area contributed by atoms with E-state index in [1.165, 1.54) is 12.1 Å². The second-order valence-corrected chi connectivity index (χ2v) is 10.2. The number of phenolic OH excluding ortho intramolecular Hbond substituents is 1. The van der Waals surface area contributed by atoms with Crippen LogP contribution in [0.25, 0.3) is 10.8 Å². The summed E-state index contributed by atoms with van der Waals surface area (Å²) in [5.41, 5.74) is -2.14. The van der Waals surface area contributed by atoms with Crippen LogP contribution < -0.4 is 10.0 Å². The third kappa shape index (κ3) is 5.78. The van der Waals surface area contributed by atoms with Crippen LogP contribution in [0.2, 0.25) is 0 Å². The van der Waals surface area contributed by atoms with Crippen molar-refractivity contribution in [3.8, 4) is 5.75 Å². The number of benzene rings is 3. The minimum atomic E-state index is -5.34. The molecule has 35 heavy (non-hydrogen) atoms. The quantitative estimate of drug-likeness (QED) is 0.126. The second kappa shape index (κ2) is 9.64. The predicted octanol–water partition coefficient (Wildman–Crippen LogP) is 2.62. The van der Waals surface area contributed by atoms with Crippen molar-refractivity contribution in [3.63, 3.8) is 0 Å². The number of fused-ring (bicyclic) bond motifs is 1. The van der Waals surface area contributed by atoms with Crippen molar-refractivity contribution in [3.05, 3.63) is 42.5 Å². The fourth-order valence-corrected chi connectivity index (χ4v) is 4.99. The molecule has 3 rings (SSSR count). The first-order valence-corrected chi connectivity index (χ1v) is 13.1. The minimum absolute atomic E-state index is 0.191. The van der Waals surface area contributed by atoms with E-state index in [-0.39, 0.29) is 5.69 Å². The summed E-state index contributed by atoms with van der Waals surface area (Å²) in [5.74, 6) is -1.74. The summed E-state index contributed by atoms with van der Waals surface area (Å²) >= 11 is -3.23. The van der Waals surface area contributed by atoms with E-state index >= 15 is 0 Å². The third-order valence-electron chi connectivity index (χ3n) is 4.36. The molecule has 0 aliphatic carbocycles. The highest BCUT2D eigenvalue weighted by Gasteiger charge is 2.30. The normalized spacial score (nSPS) is 13.1. The van der Waals surface area contributed by atoms with Gasteiger partial charge in [-0.2, -0.15) is 21.9 Å². The Bertz CT molecular complexity index is 1600. The van der Waals surface area contributed by atoms with Gasteiger partial charge in [-0.05, 0) is 24.3 Å². The van der Waals surface area contributed by atoms with E-state index < -0.39 is 80.8 Å². The molecule has 14 nitrogen and oxygen atoms in total. The zero-order chi connectivity index (χ0) is 26.1. The number of nitrogens with zero attached hydrogens (tertiary/aromatic N) is 2. The van der Waals surface area contributed by atoms with Gasteiger partial charge in [0.1, 0.15) is 9.79 Å². The van der Waals surface area contributed by atoms with Crippen molar-refractivity contribution >= 4 is 70.9 Å². The standard InChI is InChI=1S/C18H16N4O10S3/c1-9(23)19-13-7-12-11(8-14(13)34(27,28)29)15(22-33(25)26)18(35(30,31)32)16(17(12)24)21-20-10-5-3-2-4-6-10/h2-8,22,24H,1H3,(H,19,23)(H,25,26)(H,27,28,29)(H,30,31,32)/p-1. The number of carbonyl (C=O) groups is 1. The Morgan fingerprint density at radius 1 is 1.00 bits per heavy atom. The number of amides is 1. The molecule has 1 atom stereocenters. The Morgan fingerprint density at radius 2 is 1.63 bits per heavy atom. The van der Waals surface area contributed by atoms with Crippen molar-refractivity contribution in [2.24, 2.45) is 10.2 Å². The highest BCUT2D eigenvalue weighted by atomic mass is 32.2. The topological polar surface area (TPSA) is 235 Å². The Balaban J connectivity index is 2.55. The van der Waals surface area contributed by atoms with Crippen LogP contribution in [0, 0.1) is 0 Å². The number of carbonyl (C=O) groups excluding carboxylic acids is 1. The van der Waals surface area contributed by atoms with Crippen LogP contribution in [0.4, 0.5) is 22.7 Å². The van der Waals surface area contributed by atoms with Crippen LogP contribution in [0.3, 0.4) is 0 Å². The van der Waals surface area contributed by atoms with Gasteiger partial charge >= 0.3 is 0 Å². The van der Waals surface area contributed by atoms with Crippen LogP contribution in [-0.4, -0.2) is 45.7 Å². The number of anilines is 2. The van der Waals surface area contributed by atoms with Crippen molar-refractivity contribution in [1.82, 2.24) is 0 Å². The fourth-order valence-electron chi connectivity index (χ4n) is 3.09. The molecule has 0 heterocycles. The number of hydrogen-bond donors (Lipinski definition) is 5. The smallest absolute Gasteiger partial charge is 0.299 e. The molecule has 0 saturated heterocycles. The van der Waals surface area contributed by atoms with Gasteiger partial charge in [0.05, 0.1) is 17.1 Å². The number of aromatic hydroxyl groups is 1. The van der Waals surface area contributed by atoms with E-state index in [0.717, 1.165) is 13.0 Å². The molecule has 0 fully saturated rings. The molecular weight excluding hydrogens is 528 g/mol. The lowest BCUT2D eigenvalue weighted by Crippen LogP contribution is -2.13. The van der Waals surface area contributed by atoms with Gasteiger partial charge in [-0.15, -0.1) is 5.11 Å². The maximum Gasteiger partial charge on any atom is 0.299 e. The minimum Gasteiger partial charge on any atom is -0.755 e. The second-order valence-electron chi connectivity index (χ2n) is 6.80. The summed E-state index contributed by atoms with van der Waals surface area (Å²) in [6.07, 6.45) is 0. The molecule has 3 aromatic rings. The summed E-state index contributed by atoms with van der Waals surface area (Å²) in [6.45, 7) is 1.02. The van der Waals surface area contributed by atoms with Crippen LogP contribution in [0.15, 0.2) is 62.5 Å². The van der Waals surface area contributed by atoms with Gasteiger partial charge in [0.2, 0.25) is 5.91 Å². The molecule has 1 unspecified atom stereocenters. The Kier molecular flexibility index (Phi) is 7.20. The maximum absolute atomic E-state index is 12.2. The third-order valence-corrected chi connectivity index (χ3v) is 6.54. The summed E-state index contributed by atoms with van der Waals surface area (Å²) in [4.78, 5) is 9.34. The lowest BCUT2D eigenvalue weighted by Gasteiger charge is -2.19.